The highest BCUT2D eigenvalue weighted by molar-refractivity contribution is 7.90. The fraction of sp³-hybridized carbons (Fsp3) is 0.571. The molecule has 0 saturated heterocycles. The van der Waals surface area contributed by atoms with Crippen molar-refractivity contribution >= 4 is 9.84 Å². The summed E-state index contributed by atoms with van der Waals surface area (Å²) in [6.45, 7) is 2.02. The van der Waals surface area contributed by atoms with Gasteiger partial charge in [0.2, 0.25) is 0 Å². The Labute approximate surface area is 115 Å². The van der Waals surface area contributed by atoms with Gasteiger partial charge in [-0.15, -0.1) is 0 Å². The molecule has 0 amide bonds. The lowest BCUT2D eigenvalue weighted by Crippen LogP contribution is -2.35. The summed E-state index contributed by atoms with van der Waals surface area (Å²) in [5.74, 6) is 0.120. The van der Waals surface area contributed by atoms with Crippen molar-refractivity contribution < 1.29 is 13.5 Å². The van der Waals surface area contributed by atoms with Crippen LogP contribution in [0.4, 0.5) is 0 Å². The first-order valence-electron chi connectivity index (χ1n) is 6.52. The average Bonchev–Trinajstić information content (AvgIpc) is 2.33. The Morgan fingerprint density at radius 1 is 1.26 bits per heavy atom. The quantitative estimate of drug-likeness (QED) is 0.760. The minimum absolute atomic E-state index is 0.0742. The lowest BCUT2D eigenvalue weighted by molar-refractivity contribution is 0.273. The maximum absolute atomic E-state index is 11.3. The van der Waals surface area contributed by atoms with Crippen LogP contribution < -0.4 is 5.32 Å². The minimum atomic E-state index is -2.98. The molecular formula is C14H23NO3S. The summed E-state index contributed by atoms with van der Waals surface area (Å²) < 4.78 is 22.6. The van der Waals surface area contributed by atoms with E-state index in [1.165, 1.54) is 6.26 Å². The maximum atomic E-state index is 11.3. The third-order valence-electron chi connectivity index (χ3n) is 2.89. The van der Waals surface area contributed by atoms with Crippen molar-refractivity contribution in [2.45, 2.75) is 31.8 Å². The topological polar surface area (TPSA) is 66.4 Å². The molecule has 0 aliphatic carbocycles. The molecule has 1 rings (SSSR count). The molecule has 5 heteroatoms. The fourth-order valence-electron chi connectivity index (χ4n) is 2.17. The van der Waals surface area contributed by atoms with E-state index in [9.17, 15) is 8.42 Å². The summed E-state index contributed by atoms with van der Waals surface area (Å²) in [6.07, 6.45) is 2.73. The SMILES string of the molecule is CC(CS(C)(=O)=O)NC(CCCO)c1ccccc1. The lowest BCUT2D eigenvalue weighted by atomic mass is 10.0. The number of aliphatic hydroxyl groups excluding tert-OH is 1. The first-order chi connectivity index (χ1) is 8.92. The van der Waals surface area contributed by atoms with Crippen molar-refractivity contribution in [1.29, 1.82) is 0 Å². The van der Waals surface area contributed by atoms with E-state index in [2.05, 4.69) is 5.32 Å². The Kier molecular flexibility index (Phi) is 6.48. The van der Waals surface area contributed by atoms with Gasteiger partial charge in [-0.25, -0.2) is 8.42 Å². The van der Waals surface area contributed by atoms with Gasteiger partial charge >= 0.3 is 0 Å². The van der Waals surface area contributed by atoms with Gasteiger partial charge in [-0.05, 0) is 25.3 Å². The molecule has 0 saturated carbocycles. The van der Waals surface area contributed by atoms with Crippen molar-refractivity contribution in [3.63, 3.8) is 0 Å². The number of aliphatic hydroxyl groups is 1. The van der Waals surface area contributed by atoms with Crippen molar-refractivity contribution in [2.75, 3.05) is 18.6 Å². The second-order valence-corrected chi connectivity index (χ2v) is 7.17. The van der Waals surface area contributed by atoms with Crippen LogP contribution in [0, 0.1) is 0 Å². The van der Waals surface area contributed by atoms with E-state index in [1.807, 2.05) is 37.3 Å². The van der Waals surface area contributed by atoms with Crippen LogP contribution >= 0.6 is 0 Å². The average molecular weight is 285 g/mol. The van der Waals surface area contributed by atoms with Crippen LogP contribution in [0.15, 0.2) is 30.3 Å². The molecule has 0 radical (unpaired) electrons. The molecule has 2 N–H and O–H groups in total. The Hall–Kier alpha value is -0.910. The largest absolute Gasteiger partial charge is 0.396 e. The first-order valence-corrected chi connectivity index (χ1v) is 8.58. The van der Waals surface area contributed by atoms with Gasteiger partial charge in [-0.1, -0.05) is 30.3 Å². The van der Waals surface area contributed by atoms with Gasteiger partial charge < -0.3 is 10.4 Å². The Morgan fingerprint density at radius 2 is 1.89 bits per heavy atom. The molecule has 1 aromatic rings. The van der Waals surface area contributed by atoms with Gasteiger partial charge in [0, 0.05) is 24.9 Å². The van der Waals surface area contributed by atoms with E-state index in [1.54, 1.807) is 0 Å². The summed E-state index contributed by atoms with van der Waals surface area (Å²) >= 11 is 0. The third-order valence-corrected chi connectivity index (χ3v) is 4.00. The van der Waals surface area contributed by atoms with Crippen LogP contribution in [0.25, 0.3) is 0 Å². The molecule has 0 aromatic heterocycles. The van der Waals surface area contributed by atoms with Crippen molar-refractivity contribution in [1.82, 2.24) is 5.32 Å². The number of hydrogen-bond acceptors (Lipinski definition) is 4. The summed E-state index contributed by atoms with van der Waals surface area (Å²) in [4.78, 5) is 0. The second kappa shape index (κ2) is 7.62. The highest BCUT2D eigenvalue weighted by Crippen LogP contribution is 2.19. The number of hydrogen-bond donors (Lipinski definition) is 2. The van der Waals surface area contributed by atoms with Crippen LogP contribution in [-0.4, -0.2) is 38.2 Å². The van der Waals surface area contributed by atoms with Gasteiger partial charge in [-0.2, -0.15) is 0 Å². The summed E-state index contributed by atoms with van der Waals surface area (Å²) in [5, 5.41) is 12.3. The molecule has 0 aliphatic rings. The smallest absolute Gasteiger partial charge is 0.148 e. The molecular weight excluding hydrogens is 262 g/mol. The van der Waals surface area contributed by atoms with Gasteiger partial charge in [0.15, 0.2) is 0 Å². The van der Waals surface area contributed by atoms with Crippen LogP contribution in [-0.2, 0) is 9.84 Å². The second-order valence-electron chi connectivity index (χ2n) is 4.99. The van der Waals surface area contributed by atoms with Crippen molar-refractivity contribution in [2.24, 2.45) is 0 Å². The zero-order chi connectivity index (χ0) is 14.3. The van der Waals surface area contributed by atoms with Crippen molar-refractivity contribution in [3.8, 4) is 0 Å². The molecule has 19 heavy (non-hydrogen) atoms. The van der Waals surface area contributed by atoms with E-state index in [0.717, 1.165) is 12.0 Å². The molecule has 1 aromatic carbocycles. The maximum Gasteiger partial charge on any atom is 0.148 e. The molecule has 0 fully saturated rings. The number of rotatable bonds is 8. The van der Waals surface area contributed by atoms with E-state index < -0.39 is 9.84 Å². The lowest BCUT2D eigenvalue weighted by Gasteiger charge is -2.23. The van der Waals surface area contributed by atoms with E-state index in [0.29, 0.717) is 6.42 Å². The van der Waals surface area contributed by atoms with Crippen LogP contribution in [0.3, 0.4) is 0 Å². The molecule has 108 valence electrons. The molecule has 4 nitrogen and oxygen atoms in total. The van der Waals surface area contributed by atoms with Gasteiger partial charge in [-0.3, -0.25) is 0 Å². The van der Waals surface area contributed by atoms with E-state index in [-0.39, 0.29) is 24.4 Å². The van der Waals surface area contributed by atoms with Gasteiger partial charge in [0.25, 0.3) is 0 Å². The predicted molar refractivity (Wildman–Crippen MR) is 77.8 cm³/mol. The Balaban J connectivity index is 2.70. The minimum Gasteiger partial charge on any atom is -0.396 e. The molecule has 2 unspecified atom stereocenters. The number of benzene rings is 1. The third kappa shape index (κ3) is 6.71. The number of nitrogens with one attached hydrogen (secondary N) is 1. The standard InChI is InChI=1S/C14H23NO3S/c1-12(11-19(2,17)18)15-14(9-6-10-16)13-7-4-3-5-8-13/h3-5,7-8,12,14-16H,6,9-11H2,1-2H3. The normalized spacial score (nSPS) is 15.1. The Morgan fingerprint density at radius 3 is 2.42 bits per heavy atom. The molecule has 0 spiro atoms. The van der Waals surface area contributed by atoms with Crippen molar-refractivity contribution in [3.05, 3.63) is 35.9 Å². The zero-order valence-electron chi connectivity index (χ0n) is 11.5. The molecule has 0 aliphatic heterocycles. The highest BCUT2D eigenvalue weighted by Gasteiger charge is 2.16. The monoisotopic (exact) mass is 285 g/mol. The van der Waals surface area contributed by atoms with Crippen LogP contribution in [0.1, 0.15) is 31.4 Å². The molecule has 0 bridgehead atoms. The first kappa shape index (κ1) is 16.1. The Bertz CT molecular complexity index is 459. The number of sulfone groups is 1. The predicted octanol–water partition coefficient (Wildman–Crippen LogP) is 1.52. The fourth-order valence-corrected chi connectivity index (χ4v) is 3.18. The van der Waals surface area contributed by atoms with E-state index >= 15 is 0 Å². The highest BCUT2D eigenvalue weighted by atomic mass is 32.2. The summed E-state index contributed by atoms with van der Waals surface area (Å²) in [5.41, 5.74) is 1.12. The van der Waals surface area contributed by atoms with E-state index in [4.69, 9.17) is 5.11 Å². The van der Waals surface area contributed by atoms with Gasteiger partial charge in [0.1, 0.15) is 9.84 Å². The van der Waals surface area contributed by atoms with Crippen LogP contribution in [0.2, 0.25) is 0 Å². The zero-order valence-corrected chi connectivity index (χ0v) is 12.4. The van der Waals surface area contributed by atoms with Gasteiger partial charge in [0.05, 0.1) is 5.75 Å². The summed E-state index contributed by atoms with van der Waals surface area (Å²) in [6, 6.07) is 9.87. The van der Waals surface area contributed by atoms with Crippen LogP contribution in [0.5, 0.6) is 0 Å². The molecule has 2 atom stereocenters. The molecule has 0 heterocycles. The summed E-state index contributed by atoms with van der Waals surface area (Å²) in [7, 11) is -2.98.